The van der Waals surface area contributed by atoms with Crippen molar-refractivity contribution in [3.63, 3.8) is 0 Å². The summed E-state index contributed by atoms with van der Waals surface area (Å²) in [6.07, 6.45) is 0.240. The first kappa shape index (κ1) is 15.1. The highest BCUT2D eigenvalue weighted by Crippen LogP contribution is 2.21. The molecule has 2 aromatic rings. The normalized spacial score (nSPS) is 11.7. The quantitative estimate of drug-likeness (QED) is 0.753. The Bertz CT molecular complexity index is 688. The van der Waals surface area contributed by atoms with Crippen molar-refractivity contribution in [3.8, 4) is 0 Å². The minimum absolute atomic E-state index is 0.0795. The van der Waals surface area contributed by atoms with Gasteiger partial charge in [0.15, 0.2) is 0 Å². The van der Waals surface area contributed by atoms with Gasteiger partial charge in [-0.2, -0.15) is 0 Å². The summed E-state index contributed by atoms with van der Waals surface area (Å²) in [6, 6.07) is 6.94. The van der Waals surface area contributed by atoms with Crippen molar-refractivity contribution in [2.75, 3.05) is 0 Å². The summed E-state index contributed by atoms with van der Waals surface area (Å²) < 4.78 is 5.20. The SMILES string of the molecule is CC(C)(CC(N)=O)NCc1ccc2oc(C(=O)O)cc2c1. The maximum Gasteiger partial charge on any atom is 0.371 e. The molecule has 1 aromatic heterocycles. The molecule has 0 spiro atoms. The highest BCUT2D eigenvalue weighted by atomic mass is 16.4. The average molecular weight is 290 g/mol. The molecule has 112 valence electrons. The molecule has 0 atom stereocenters. The standard InChI is InChI=1S/C15H18N2O4/c1-15(2,7-13(16)18)17-8-9-3-4-11-10(5-9)6-12(21-11)14(19)20/h3-6,17H,7-8H2,1-2H3,(H2,16,18)(H,19,20). The van der Waals surface area contributed by atoms with Crippen LogP contribution < -0.4 is 11.1 Å². The maximum absolute atomic E-state index is 11.0. The molecular formula is C15H18N2O4. The van der Waals surface area contributed by atoms with Crippen molar-refractivity contribution in [1.82, 2.24) is 5.32 Å². The van der Waals surface area contributed by atoms with Crippen LogP contribution in [0.2, 0.25) is 0 Å². The fraction of sp³-hybridized carbons (Fsp3) is 0.333. The van der Waals surface area contributed by atoms with Crippen LogP contribution in [0.25, 0.3) is 11.0 Å². The number of primary amides is 1. The first-order chi connectivity index (χ1) is 9.77. The van der Waals surface area contributed by atoms with Crippen LogP contribution in [0.5, 0.6) is 0 Å². The van der Waals surface area contributed by atoms with Crippen LogP contribution in [0.3, 0.4) is 0 Å². The third kappa shape index (κ3) is 3.82. The van der Waals surface area contributed by atoms with Gasteiger partial charge in [0.05, 0.1) is 0 Å². The summed E-state index contributed by atoms with van der Waals surface area (Å²) in [5.74, 6) is -1.53. The number of rotatable bonds is 6. The Balaban J connectivity index is 2.12. The van der Waals surface area contributed by atoms with Crippen molar-refractivity contribution in [2.24, 2.45) is 5.73 Å². The lowest BCUT2D eigenvalue weighted by molar-refractivity contribution is -0.119. The first-order valence-corrected chi connectivity index (χ1v) is 6.56. The van der Waals surface area contributed by atoms with E-state index in [-0.39, 0.29) is 18.1 Å². The third-order valence-corrected chi connectivity index (χ3v) is 3.18. The molecule has 0 radical (unpaired) electrons. The number of hydrogen-bond donors (Lipinski definition) is 3. The smallest absolute Gasteiger partial charge is 0.371 e. The number of furan rings is 1. The molecule has 4 N–H and O–H groups in total. The monoisotopic (exact) mass is 290 g/mol. The number of nitrogens with one attached hydrogen (secondary N) is 1. The summed E-state index contributed by atoms with van der Waals surface area (Å²) in [5.41, 5.74) is 6.31. The second-order valence-corrected chi connectivity index (χ2v) is 5.67. The molecule has 0 saturated carbocycles. The minimum Gasteiger partial charge on any atom is -0.475 e. The fourth-order valence-corrected chi connectivity index (χ4v) is 2.15. The van der Waals surface area contributed by atoms with E-state index in [9.17, 15) is 9.59 Å². The van der Waals surface area contributed by atoms with Crippen LogP contribution >= 0.6 is 0 Å². The first-order valence-electron chi connectivity index (χ1n) is 6.56. The van der Waals surface area contributed by atoms with Gasteiger partial charge >= 0.3 is 5.97 Å². The number of carboxylic acid groups (broad SMARTS) is 1. The van der Waals surface area contributed by atoms with Crippen molar-refractivity contribution >= 4 is 22.8 Å². The van der Waals surface area contributed by atoms with Gasteiger partial charge < -0.3 is 20.6 Å². The number of carbonyl (C=O) groups is 2. The molecule has 1 heterocycles. The lowest BCUT2D eigenvalue weighted by Crippen LogP contribution is -2.42. The predicted molar refractivity (Wildman–Crippen MR) is 77.9 cm³/mol. The van der Waals surface area contributed by atoms with Crippen LogP contribution in [0.15, 0.2) is 28.7 Å². The average Bonchev–Trinajstić information content (AvgIpc) is 2.78. The Morgan fingerprint density at radius 1 is 1.33 bits per heavy atom. The van der Waals surface area contributed by atoms with Crippen molar-refractivity contribution in [3.05, 3.63) is 35.6 Å². The summed E-state index contributed by atoms with van der Waals surface area (Å²) in [7, 11) is 0. The van der Waals surface area contributed by atoms with Gasteiger partial charge in [0.2, 0.25) is 11.7 Å². The maximum atomic E-state index is 11.0. The predicted octanol–water partition coefficient (Wildman–Crippen LogP) is 1.87. The molecule has 0 fully saturated rings. The fourth-order valence-electron chi connectivity index (χ4n) is 2.15. The van der Waals surface area contributed by atoms with Gasteiger partial charge in [0, 0.05) is 23.9 Å². The van der Waals surface area contributed by atoms with Crippen molar-refractivity contribution in [1.29, 1.82) is 0 Å². The summed E-state index contributed by atoms with van der Waals surface area (Å²) in [4.78, 5) is 21.8. The van der Waals surface area contributed by atoms with Gasteiger partial charge in [-0.3, -0.25) is 4.79 Å². The number of benzene rings is 1. The van der Waals surface area contributed by atoms with E-state index in [1.165, 1.54) is 6.07 Å². The molecule has 0 bridgehead atoms. The Hall–Kier alpha value is -2.34. The molecule has 2 rings (SSSR count). The number of amides is 1. The van der Waals surface area contributed by atoms with E-state index < -0.39 is 11.5 Å². The lowest BCUT2D eigenvalue weighted by Gasteiger charge is -2.24. The third-order valence-electron chi connectivity index (χ3n) is 3.18. The van der Waals surface area contributed by atoms with Crippen molar-refractivity contribution < 1.29 is 19.1 Å². The van der Waals surface area contributed by atoms with Gasteiger partial charge in [-0.25, -0.2) is 4.79 Å². The molecule has 0 aliphatic heterocycles. The van der Waals surface area contributed by atoms with Crippen molar-refractivity contribution in [2.45, 2.75) is 32.4 Å². The molecule has 1 amide bonds. The highest BCUT2D eigenvalue weighted by Gasteiger charge is 2.19. The summed E-state index contributed by atoms with van der Waals surface area (Å²) >= 11 is 0. The zero-order valence-electron chi connectivity index (χ0n) is 12.0. The van der Waals surface area contributed by atoms with Crippen LogP contribution in [-0.4, -0.2) is 22.5 Å². The minimum atomic E-state index is -1.09. The van der Waals surface area contributed by atoms with E-state index in [2.05, 4.69) is 5.32 Å². The molecule has 21 heavy (non-hydrogen) atoms. The molecule has 0 saturated heterocycles. The molecule has 6 heteroatoms. The molecule has 6 nitrogen and oxygen atoms in total. The van der Waals surface area contributed by atoms with Gasteiger partial charge in [-0.1, -0.05) is 6.07 Å². The number of nitrogens with two attached hydrogens (primary N) is 1. The zero-order chi connectivity index (χ0) is 15.6. The molecule has 0 aliphatic carbocycles. The summed E-state index contributed by atoms with van der Waals surface area (Å²) in [5, 5.41) is 12.9. The molecule has 1 aromatic carbocycles. The number of hydrogen-bond acceptors (Lipinski definition) is 4. The van der Waals surface area contributed by atoms with Gasteiger partial charge in [-0.15, -0.1) is 0 Å². The van der Waals surface area contributed by atoms with E-state index >= 15 is 0 Å². The number of aromatic carboxylic acids is 1. The molecular weight excluding hydrogens is 272 g/mol. The number of carboxylic acids is 1. The number of carbonyl (C=O) groups excluding carboxylic acids is 1. The van der Waals surface area contributed by atoms with Gasteiger partial charge in [0.1, 0.15) is 5.58 Å². The molecule has 0 aliphatic rings. The molecule has 0 unspecified atom stereocenters. The Kier molecular flexibility index (Phi) is 3.99. The Morgan fingerprint density at radius 2 is 2.05 bits per heavy atom. The van der Waals surface area contributed by atoms with E-state index in [4.69, 9.17) is 15.3 Å². The van der Waals surface area contributed by atoms with Gasteiger partial charge in [-0.05, 0) is 37.6 Å². The number of fused-ring (bicyclic) bond motifs is 1. The Morgan fingerprint density at radius 3 is 2.67 bits per heavy atom. The van der Waals surface area contributed by atoms with Crippen LogP contribution in [0.1, 0.15) is 36.4 Å². The Labute approximate surface area is 121 Å². The highest BCUT2D eigenvalue weighted by molar-refractivity contribution is 5.91. The van der Waals surface area contributed by atoms with Gasteiger partial charge in [0.25, 0.3) is 0 Å². The second kappa shape index (κ2) is 5.57. The zero-order valence-corrected chi connectivity index (χ0v) is 12.0. The topological polar surface area (TPSA) is 106 Å². The van der Waals surface area contributed by atoms with E-state index in [0.29, 0.717) is 12.1 Å². The van der Waals surface area contributed by atoms with E-state index in [0.717, 1.165) is 10.9 Å². The summed E-state index contributed by atoms with van der Waals surface area (Å²) in [6.45, 7) is 4.34. The largest absolute Gasteiger partial charge is 0.475 e. The van der Waals surface area contributed by atoms with E-state index in [1.807, 2.05) is 26.0 Å². The van der Waals surface area contributed by atoms with E-state index in [1.54, 1.807) is 6.07 Å². The lowest BCUT2D eigenvalue weighted by atomic mass is 9.99. The van der Waals surface area contributed by atoms with Crippen LogP contribution in [0, 0.1) is 0 Å². The van der Waals surface area contributed by atoms with Crippen LogP contribution in [-0.2, 0) is 11.3 Å². The van der Waals surface area contributed by atoms with Crippen LogP contribution in [0.4, 0.5) is 0 Å². The second-order valence-electron chi connectivity index (χ2n) is 5.67.